The second kappa shape index (κ2) is 9.57. The highest BCUT2D eigenvalue weighted by molar-refractivity contribution is 14.0. The maximum atomic E-state index is 11.5. The van der Waals surface area contributed by atoms with E-state index in [2.05, 4.69) is 29.5 Å². The summed E-state index contributed by atoms with van der Waals surface area (Å²) in [5.41, 5.74) is 7.34. The lowest BCUT2D eigenvalue weighted by Gasteiger charge is -2.08. The second-order valence-electron chi connectivity index (χ2n) is 4.76. The fourth-order valence-corrected chi connectivity index (χ4v) is 1.50. The van der Waals surface area contributed by atoms with Gasteiger partial charge in [0.25, 0.3) is 5.91 Å². The SMILES string of the molecule is CNC(=O)c1cccc(CN=C(N)NCC(C)C)c1.I. The monoisotopic (exact) mass is 390 g/mol. The molecule has 0 aliphatic carbocycles. The summed E-state index contributed by atoms with van der Waals surface area (Å²) in [6, 6.07) is 7.35. The number of nitrogens with two attached hydrogens (primary N) is 1. The third-order valence-corrected chi connectivity index (χ3v) is 2.54. The highest BCUT2D eigenvalue weighted by Crippen LogP contribution is 2.06. The maximum absolute atomic E-state index is 11.5. The van der Waals surface area contributed by atoms with Crippen LogP contribution in [0.3, 0.4) is 0 Å². The molecular formula is C14H23IN4O. The van der Waals surface area contributed by atoms with Crippen molar-refractivity contribution >= 4 is 35.8 Å². The predicted molar refractivity (Wildman–Crippen MR) is 93.4 cm³/mol. The van der Waals surface area contributed by atoms with Crippen molar-refractivity contribution in [1.29, 1.82) is 0 Å². The Hall–Kier alpha value is -1.31. The lowest BCUT2D eigenvalue weighted by Crippen LogP contribution is -2.34. The van der Waals surface area contributed by atoms with Gasteiger partial charge in [0.1, 0.15) is 0 Å². The Balaban J connectivity index is 0.00000361. The average molecular weight is 390 g/mol. The van der Waals surface area contributed by atoms with Gasteiger partial charge in [-0.25, -0.2) is 4.99 Å². The van der Waals surface area contributed by atoms with E-state index in [1.165, 1.54) is 0 Å². The second-order valence-corrected chi connectivity index (χ2v) is 4.76. The van der Waals surface area contributed by atoms with Gasteiger partial charge < -0.3 is 16.4 Å². The van der Waals surface area contributed by atoms with Crippen LogP contribution >= 0.6 is 24.0 Å². The van der Waals surface area contributed by atoms with Crippen molar-refractivity contribution in [2.75, 3.05) is 13.6 Å². The minimum absolute atomic E-state index is 0. The van der Waals surface area contributed by atoms with Crippen LogP contribution in [0.1, 0.15) is 29.8 Å². The van der Waals surface area contributed by atoms with E-state index in [0.717, 1.165) is 12.1 Å². The first-order chi connectivity index (χ1) is 9.02. The molecule has 4 N–H and O–H groups in total. The molecule has 6 heteroatoms. The van der Waals surface area contributed by atoms with Crippen LogP contribution in [-0.2, 0) is 6.54 Å². The van der Waals surface area contributed by atoms with Crippen LogP contribution in [0, 0.1) is 5.92 Å². The molecule has 112 valence electrons. The van der Waals surface area contributed by atoms with Crippen LogP contribution in [0.4, 0.5) is 0 Å². The molecule has 1 amide bonds. The summed E-state index contributed by atoms with van der Waals surface area (Å²) in [6.45, 7) is 5.47. The zero-order chi connectivity index (χ0) is 14.3. The Morgan fingerprint density at radius 1 is 1.40 bits per heavy atom. The zero-order valence-corrected chi connectivity index (χ0v) is 14.5. The summed E-state index contributed by atoms with van der Waals surface area (Å²) >= 11 is 0. The molecule has 0 bridgehead atoms. The minimum atomic E-state index is -0.100. The molecule has 0 aromatic heterocycles. The lowest BCUT2D eigenvalue weighted by atomic mass is 10.1. The Morgan fingerprint density at radius 3 is 2.70 bits per heavy atom. The molecule has 1 rings (SSSR count). The molecule has 0 aliphatic heterocycles. The molecule has 0 heterocycles. The first-order valence-corrected chi connectivity index (χ1v) is 6.37. The van der Waals surface area contributed by atoms with Crippen LogP contribution in [0.5, 0.6) is 0 Å². The van der Waals surface area contributed by atoms with E-state index in [4.69, 9.17) is 5.73 Å². The smallest absolute Gasteiger partial charge is 0.251 e. The van der Waals surface area contributed by atoms with Gasteiger partial charge in [-0.3, -0.25) is 4.79 Å². The van der Waals surface area contributed by atoms with Crippen LogP contribution in [0.2, 0.25) is 0 Å². The van der Waals surface area contributed by atoms with Gasteiger partial charge in [-0.05, 0) is 23.6 Å². The summed E-state index contributed by atoms with van der Waals surface area (Å²) in [5, 5.41) is 5.64. The van der Waals surface area contributed by atoms with Gasteiger partial charge in [-0.15, -0.1) is 24.0 Å². The molecule has 20 heavy (non-hydrogen) atoms. The molecule has 0 fully saturated rings. The number of benzene rings is 1. The van der Waals surface area contributed by atoms with Crippen LogP contribution in [0.15, 0.2) is 29.3 Å². The number of carbonyl (C=O) groups is 1. The number of hydrogen-bond donors (Lipinski definition) is 3. The van der Waals surface area contributed by atoms with Gasteiger partial charge in [0.05, 0.1) is 6.54 Å². The summed E-state index contributed by atoms with van der Waals surface area (Å²) < 4.78 is 0. The van der Waals surface area contributed by atoms with Crippen LogP contribution in [0.25, 0.3) is 0 Å². The quantitative estimate of drug-likeness (QED) is 0.407. The number of hydrogen-bond acceptors (Lipinski definition) is 2. The molecule has 5 nitrogen and oxygen atoms in total. The Bertz CT molecular complexity index is 460. The average Bonchev–Trinajstić information content (AvgIpc) is 2.42. The van der Waals surface area contributed by atoms with Gasteiger partial charge in [0.2, 0.25) is 0 Å². The van der Waals surface area contributed by atoms with Gasteiger partial charge in [0.15, 0.2) is 5.96 Å². The number of nitrogens with zero attached hydrogens (tertiary/aromatic N) is 1. The lowest BCUT2D eigenvalue weighted by molar-refractivity contribution is 0.0963. The van der Waals surface area contributed by atoms with Crippen LogP contribution in [-0.4, -0.2) is 25.5 Å². The molecule has 0 spiro atoms. The van der Waals surface area contributed by atoms with E-state index in [1.807, 2.05) is 18.2 Å². The summed E-state index contributed by atoms with van der Waals surface area (Å²) in [5.74, 6) is 0.848. The van der Waals surface area contributed by atoms with E-state index in [0.29, 0.717) is 24.0 Å². The number of guanidine groups is 1. The summed E-state index contributed by atoms with van der Waals surface area (Å²) in [4.78, 5) is 15.7. The number of halogens is 1. The molecule has 0 aliphatic rings. The minimum Gasteiger partial charge on any atom is -0.370 e. The molecule has 1 aromatic carbocycles. The molecule has 0 atom stereocenters. The maximum Gasteiger partial charge on any atom is 0.251 e. The third kappa shape index (κ3) is 6.74. The highest BCUT2D eigenvalue weighted by Gasteiger charge is 2.03. The van der Waals surface area contributed by atoms with Crippen molar-refractivity contribution in [1.82, 2.24) is 10.6 Å². The predicted octanol–water partition coefficient (Wildman–Crippen LogP) is 1.72. The normalized spacial score (nSPS) is 10.9. The molecule has 0 saturated heterocycles. The molecule has 0 radical (unpaired) electrons. The van der Waals surface area contributed by atoms with Crippen molar-refractivity contribution in [2.24, 2.45) is 16.6 Å². The van der Waals surface area contributed by atoms with Crippen molar-refractivity contribution in [3.05, 3.63) is 35.4 Å². The van der Waals surface area contributed by atoms with E-state index >= 15 is 0 Å². The van der Waals surface area contributed by atoms with E-state index in [-0.39, 0.29) is 29.9 Å². The molecular weight excluding hydrogens is 367 g/mol. The number of nitrogens with one attached hydrogen (secondary N) is 2. The van der Waals surface area contributed by atoms with E-state index < -0.39 is 0 Å². The molecule has 0 saturated carbocycles. The molecule has 0 unspecified atom stereocenters. The van der Waals surface area contributed by atoms with Gasteiger partial charge in [-0.2, -0.15) is 0 Å². The first kappa shape index (κ1) is 18.7. The fourth-order valence-electron chi connectivity index (χ4n) is 1.50. The Kier molecular flexibility index (Phi) is 8.94. The van der Waals surface area contributed by atoms with E-state index in [1.54, 1.807) is 13.1 Å². The van der Waals surface area contributed by atoms with E-state index in [9.17, 15) is 4.79 Å². The largest absolute Gasteiger partial charge is 0.370 e. The first-order valence-electron chi connectivity index (χ1n) is 6.37. The van der Waals surface area contributed by atoms with Gasteiger partial charge in [0, 0.05) is 19.2 Å². The van der Waals surface area contributed by atoms with Gasteiger partial charge >= 0.3 is 0 Å². The summed E-state index contributed by atoms with van der Waals surface area (Å²) in [6.07, 6.45) is 0. The fraction of sp³-hybridized carbons (Fsp3) is 0.429. The topological polar surface area (TPSA) is 79.5 Å². The highest BCUT2D eigenvalue weighted by atomic mass is 127. The van der Waals surface area contributed by atoms with Crippen molar-refractivity contribution < 1.29 is 4.79 Å². The number of amides is 1. The Labute approximate surface area is 137 Å². The number of aliphatic imine (C=N–C) groups is 1. The van der Waals surface area contributed by atoms with Crippen molar-refractivity contribution in [3.8, 4) is 0 Å². The standard InChI is InChI=1S/C14H22N4O.HI/c1-10(2)8-17-14(15)18-9-11-5-4-6-12(7-11)13(19)16-3;/h4-7,10H,8-9H2,1-3H3,(H,16,19)(H3,15,17,18);1H. The number of rotatable bonds is 5. The number of carbonyl (C=O) groups excluding carboxylic acids is 1. The van der Waals surface area contributed by atoms with Crippen molar-refractivity contribution in [3.63, 3.8) is 0 Å². The zero-order valence-electron chi connectivity index (χ0n) is 12.1. The van der Waals surface area contributed by atoms with Crippen LogP contribution < -0.4 is 16.4 Å². The van der Waals surface area contributed by atoms with Gasteiger partial charge in [-0.1, -0.05) is 26.0 Å². The molecule has 1 aromatic rings. The third-order valence-electron chi connectivity index (χ3n) is 2.54. The summed E-state index contributed by atoms with van der Waals surface area (Å²) in [7, 11) is 1.61. The van der Waals surface area contributed by atoms with Crippen molar-refractivity contribution in [2.45, 2.75) is 20.4 Å². The Morgan fingerprint density at radius 2 is 2.10 bits per heavy atom.